The average Bonchev–Trinajstić information content (AvgIpc) is 2.84. The van der Waals surface area contributed by atoms with Gasteiger partial charge in [0, 0.05) is 18.4 Å². The standard InChI is InChI=1S/C25H20F7N3O3/c1-13-7-16(19(26)6-5-15-12-33-21(23(37)38)10-18(15)25(30,31)32)9-20(35-13)22(36)34-11-14-3-2-4-17(8-14)24(27,28)29/h2-4,7-10,12,19H,5-6,11H2,1H3,(H,34,36)(H,37,38). The molecule has 0 fully saturated rings. The van der Waals surface area contributed by atoms with Crippen LogP contribution in [-0.4, -0.2) is 27.0 Å². The first-order chi connectivity index (χ1) is 17.6. The van der Waals surface area contributed by atoms with Crippen molar-refractivity contribution >= 4 is 11.9 Å². The maximum absolute atomic E-state index is 15.0. The van der Waals surface area contributed by atoms with Crippen LogP contribution in [0.5, 0.6) is 0 Å². The van der Waals surface area contributed by atoms with Crippen LogP contribution in [0, 0.1) is 6.92 Å². The number of carboxylic acid groups (broad SMARTS) is 1. The highest BCUT2D eigenvalue weighted by Crippen LogP contribution is 2.34. The Bertz CT molecular complexity index is 1340. The predicted octanol–water partition coefficient (Wildman–Crippen LogP) is 6.09. The van der Waals surface area contributed by atoms with E-state index in [4.69, 9.17) is 5.11 Å². The third-order valence-corrected chi connectivity index (χ3v) is 5.46. The maximum Gasteiger partial charge on any atom is 0.416 e. The lowest BCUT2D eigenvalue weighted by molar-refractivity contribution is -0.138. The second-order valence-electron chi connectivity index (χ2n) is 8.34. The topological polar surface area (TPSA) is 92.2 Å². The van der Waals surface area contributed by atoms with Crippen LogP contribution in [-0.2, 0) is 25.3 Å². The second-order valence-corrected chi connectivity index (χ2v) is 8.34. The Kier molecular flexibility index (Phi) is 8.38. The van der Waals surface area contributed by atoms with Gasteiger partial charge in [-0.15, -0.1) is 0 Å². The molecule has 202 valence electrons. The van der Waals surface area contributed by atoms with Crippen LogP contribution in [0.2, 0.25) is 0 Å². The Hall–Kier alpha value is -4.03. The number of pyridine rings is 2. The molecule has 1 aromatic carbocycles. The van der Waals surface area contributed by atoms with Crippen molar-refractivity contribution < 1.29 is 45.4 Å². The number of alkyl halides is 7. The molecule has 2 aromatic heterocycles. The number of nitrogens with zero attached hydrogens (tertiary/aromatic N) is 2. The van der Waals surface area contributed by atoms with E-state index in [1.807, 2.05) is 0 Å². The smallest absolute Gasteiger partial charge is 0.416 e. The van der Waals surface area contributed by atoms with Crippen LogP contribution < -0.4 is 5.32 Å². The van der Waals surface area contributed by atoms with E-state index in [0.717, 1.165) is 24.4 Å². The third kappa shape index (κ3) is 7.26. The zero-order valence-corrected chi connectivity index (χ0v) is 19.6. The lowest BCUT2D eigenvalue weighted by Gasteiger charge is -2.15. The molecule has 0 radical (unpaired) electrons. The molecule has 38 heavy (non-hydrogen) atoms. The van der Waals surface area contributed by atoms with E-state index in [-0.39, 0.29) is 29.1 Å². The van der Waals surface area contributed by atoms with E-state index in [0.29, 0.717) is 6.07 Å². The van der Waals surface area contributed by atoms with Crippen molar-refractivity contribution in [3.05, 3.63) is 93.6 Å². The molecule has 0 saturated heterocycles. The number of aromatic nitrogens is 2. The molecule has 0 bridgehead atoms. The lowest BCUT2D eigenvalue weighted by atomic mass is 9.99. The Morgan fingerprint density at radius 1 is 1.00 bits per heavy atom. The van der Waals surface area contributed by atoms with Crippen molar-refractivity contribution in [1.82, 2.24) is 15.3 Å². The number of hydrogen-bond donors (Lipinski definition) is 2. The fourth-order valence-corrected chi connectivity index (χ4v) is 3.64. The van der Waals surface area contributed by atoms with Gasteiger partial charge in [0.2, 0.25) is 0 Å². The molecular formula is C25H20F7N3O3. The Morgan fingerprint density at radius 3 is 2.34 bits per heavy atom. The average molecular weight is 543 g/mol. The first-order valence-corrected chi connectivity index (χ1v) is 11.0. The zero-order chi connectivity index (χ0) is 28.3. The molecule has 1 amide bonds. The highest BCUT2D eigenvalue weighted by Gasteiger charge is 2.35. The largest absolute Gasteiger partial charge is 0.477 e. The first kappa shape index (κ1) is 28.5. The molecule has 6 nitrogen and oxygen atoms in total. The van der Waals surface area contributed by atoms with Crippen LogP contribution >= 0.6 is 0 Å². The maximum atomic E-state index is 15.0. The molecule has 0 saturated carbocycles. The van der Waals surface area contributed by atoms with Gasteiger partial charge in [-0.25, -0.2) is 19.2 Å². The summed E-state index contributed by atoms with van der Waals surface area (Å²) in [6.45, 7) is 1.21. The monoisotopic (exact) mass is 543 g/mol. The normalized spacial score (nSPS) is 12.7. The number of benzene rings is 1. The lowest BCUT2D eigenvalue weighted by Crippen LogP contribution is -2.24. The molecule has 0 aliphatic heterocycles. The minimum Gasteiger partial charge on any atom is -0.477 e. The number of rotatable bonds is 8. The molecule has 13 heteroatoms. The summed E-state index contributed by atoms with van der Waals surface area (Å²) in [6.07, 6.45) is -11.4. The number of aryl methyl sites for hydroxylation is 2. The van der Waals surface area contributed by atoms with Crippen LogP contribution in [0.25, 0.3) is 0 Å². The van der Waals surface area contributed by atoms with E-state index in [1.165, 1.54) is 25.1 Å². The highest BCUT2D eigenvalue weighted by atomic mass is 19.4. The molecule has 0 aliphatic rings. The number of carbonyl (C=O) groups excluding carboxylic acids is 1. The van der Waals surface area contributed by atoms with Gasteiger partial charge < -0.3 is 10.4 Å². The number of amides is 1. The van der Waals surface area contributed by atoms with Gasteiger partial charge in [-0.2, -0.15) is 26.3 Å². The van der Waals surface area contributed by atoms with E-state index in [2.05, 4.69) is 15.3 Å². The van der Waals surface area contributed by atoms with Gasteiger partial charge in [0.1, 0.15) is 17.6 Å². The molecule has 3 rings (SSSR count). The molecule has 1 unspecified atom stereocenters. The van der Waals surface area contributed by atoms with Crippen LogP contribution in [0.3, 0.4) is 0 Å². The molecular weight excluding hydrogens is 523 g/mol. The van der Waals surface area contributed by atoms with Gasteiger partial charge in [0.15, 0.2) is 0 Å². The minimum absolute atomic E-state index is 0.0367. The van der Waals surface area contributed by atoms with Gasteiger partial charge in [-0.1, -0.05) is 12.1 Å². The minimum atomic E-state index is -4.88. The number of carboxylic acids is 1. The summed E-state index contributed by atoms with van der Waals surface area (Å²) in [4.78, 5) is 31.0. The zero-order valence-electron chi connectivity index (χ0n) is 19.6. The molecule has 2 N–H and O–H groups in total. The van der Waals surface area contributed by atoms with E-state index >= 15 is 4.39 Å². The van der Waals surface area contributed by atoms with Gasteiger partial charge in [0.25, 0.3) is 5.91 Å². The summed E-state index contributed by atoms with van der Waals surface area (Å²) in [6, 6.07) is 7.13. The van der Waals surface area contributed by atoms with Crippen LogP contribution in [0.4, 0.5) is 30.7 Å². The van der Waals surface area contributed by atoms with Crippen molar-refractivity contribution in [3.63, 3.8) is 0 Å². The first-order valence-electron chi connectivity index (χ1n) is 11.0. The van der Waals surface area contributed by atoms with Crippen molar-refractivity contribution in [2.75, 3.05) is 0 Å². The summed E-state index contributed by atoms with van der Waals surface area (Å²) in [5.41, 5.74) is -3.17. The van der Waals surface area contributed by atoms with Crippen LogP contribution in [0.1, 0.15) is 67.1 Å². The van der Waals surface area contributed by atoms with Gasteiger partial charge in [-0.3, -0.25) is 4.79 Å². The quantitative estimate of drug-likeness (QED) is 0.336. The second kappa shape index (κ2) is 11.2. The van der Waals surface area contributed by atoms with Gasteiger partial charge in [-0.05, 0) is 66.8 Å². The number of nitrogens with one attached hydrogen (secondary N) is 1. The van der Waals surface area contributed by atoms with Gasteiger partial charge in [0.05, 0.1) is 11.1 Å². The fraction of sp³-hybridized carbons (Fsp3) is 0.280. The summed E-state index contributed by atoms with van der Waals surface area (Å²) < 4.78 is 93.8. The third-order valence-electron chi connectivity index (χ3n) is 5.46. The van der Waals surface area contributed by atoms with Crippen molar-refractivity contribution in [2.45, 2.75) is 44.8 Å². The summed E-state index contributed by atoms with van der Waals surface area (Å²) >= 11 is 0. The Labute approximate surface area is 211 Å². The van der Waals surface area contributed by atoms with Gasteiger partial charge >= 0.3 is 18.3 Å². The molecule has 3 aromatic rings. The molecule has 0 aliphatic carbocycles. The predicted molar refractivity (Wildman–Crippen MR) is 120 cm³/mol. The molecule has 0 spiro atoms. The van der Waals surface area contributed by atoms with E-state index < -0.39 is 65.6 Å². The number of halogens is 7. The Balaban J connectivity index is 1.72. The van der Waals surface area contributed by atoms with Crippen molar-refractivity contribution in [2.24, 2.45) is 0 Å². The number of aromatic carboxylic acids is 1. The summed E-state index contributed by atoms with van der Waals surface area (Å²) in [7, 11) is 0. The number of carbonyl (C=O) groups is 2. The SMILES string of the molecule is Cc1cc(C(F)CCc2cnc(C(=O)O)cc2C(F)(F)F)cc(C(=O)NCc2cccc(C(F)(F)F)c2)n1. The van der Waals surface area contributed by atoms with Crippen molar-refractivity contribution in [1.29, 1.82) is 0 Å². The number of hydrogen-bond acceptors (Lipinski definition) is 4. The summed E-state index contributed by atoms with van der Waals surface area (Å²) in [5, 5.41) is 11.3. The summed E-state index contributed by atoms with van der Waals surface area (Å²) in [5.74, 6) is -2.43. The highest BCUT2D eigenvalue weighted by molar-refractivity contribution is 5.92. The van der Waals surface area contributed by atoms with E-state index in [1.54, 1.807) is 0 Å². The fourth-order valence-electron chi connectivity index (χ4n) is 3.64. The molecule has 2 heterocycles. The Morgan fingerprint density at radius 2 is 1.71 bits per heavy atom. The molecule has 1 atom stereocenters. The van der Waals surface area contributed by atoms with Crippen LogP contribution in [0.15, 0.2) is 48.7 Å². The van der Waals surface area contributed by atoms with E-state index in [9.17, 15) is 35.9 Å². The van der Waals surface area contributed by atoms with Crippen molar-refractivity contribution in [3.8, 4) is 0 Å².